The molecule has 2 aliphatic heterocycles. The number of carbonyl (C=O) groups excluding carboxylic acids is 2. The van der Waals surface area contributed by atoms with E-state index >= 15 is 0 Å². The van der Waals surface area contributed by atoms with Gasteiger partial charge in [0, 0.05) is 12.1 Å². The van der Waals surface area contributed by atoms with Crippen molar-refractivity contribution in [1.29, 1.82) is 0 Å². The van der Waals surface area contributed by atoms with Crippen molar-refractivity contribution in [3.63, 3.8) is 0 Å². The van der Waals surface area contributed by atoms with Crippen LogP contribution in [0.5, 0.6) is 0 Å². The molecule has 43 heavy (non-hydrogen) atoms. The highest BCUT2D eigenvalue weighted by molar-refractivity contribution is 7.99. The van der Waals surface area contributed by atoms with Crippen LogP contribution in [-0.2, 0) is 15.7 Å². The molecule has 2 aliphatic rings. The molecule has 4 amide bonds. The Morgan fingerprint density at radius 1 is 0.930 bits per heavy atom. The second-order valence-electron chi connectivity index (χ2n) is 12.2. The fourth-order valence-corrected chi connectivity index (χ4v) is 11.8. The van der Waals surface area contributed by atoms with Gasteiger partial charge in [-0.15, -0.1) is 11.8 Å². The summed E-state index contributed by atoms with van der Waals surface area (Å²) in [6.45, 7) is 9.63. The molecular formula is C33H40ClN3O4SSi. The molecule has 10 heteroatoms. The summed E-state index contributed by atoms with van der Waals surface area (Å²) < 4.78 is 13.0. The lowest BCUT2D eigenvalue weighted by Gasteiger charge is -2.55. The van der Waals surface area contributed by atoms with E-state index in [2.05, 4.69) is 45.0 Å². The monoisotopic (exact) mass is 637 g/mol. The Hall–Kier alpha value is -2.82. The van der Waals surface area contributed by atoms with Crippen molar-refractivity contribution in [2.75, 3.05) is 32.6 Å². The molecule has 0 N–H and O–H groups in total. The number of rotatable bonds is 10. The van der Waals surface area contributed by atoms with Crippen LogP contribution in [0.2, 0.25) is 10.1 Å². The summed E-state index contributed by atoms with van der Waals surface area (Å²) in [5.74, 6) is 0.748. The number of urea groups is 2. The van der Waals surface area contributed by atoms with Crippen molar-refractivity contribution in [1.82, 2.24) is 14.7 Å². The molecule has 0 radical (unpaired) electrons. The van der Waals surface area contributed by atoms with Crippen LogP contribution in [0.1, 0.15) is 33.3 Å². The van der Waals surface area contributed by atoms with Crippen LogP contribution in [0.25, 0.3) is 0 Å². The Morgan fingerprint density at radius 2 is 1.49 bits per heavy atom. The summed E-state index contributed by atoms with van der Waals surface area (Å²) in [6.07, 6.45) is 0. The van der Waals surface area contributed by atoms with E-state index in [9.17, 15) is 9.59 Å². The summed E-state index contributed by atoms with van der Waals surface area (Å²) in [5, 5.41) is 2.66. The van der Waals surface area contributed by atoms with Gasteiger partial charge in [0.1, 0.15) is 5.54 Å². The second-order valence-corrected chi connectivity index (χ2v) is 18.3. The van der Waals surface area contributed by atoms with Crippen molar-refractivity contribution >= 4 is 54.1 Å². The number of nitrogens with zero attached hydrogens (tertiary/aromatic N) is 3. The predicted molar refractivity (Wildman–Crippen MR) is 176 cm³/mol. The number of ether oxygens (including phenoxy) is 1. The summed E-state index contributed by atoms with van der Waals surface area (Å²) in [7, 11) is -1.16. The average molecular weight is 638 g/mol. The Kier molecular flexibility index (Phi) is 9.30. The van der Waals surface area contributed by atoms with Gasteiger partial charge in [-0.3, -0.25) is 9.80 Å². The minimum absolute atomic E-state index is 0.173. The van der Waals surface area contributed by atoms with E-state index in [0.29, 0.717) is 11.6 Å². The number of hydrogen-bond acceptors (Lipinski definition) is 5. The Bertz CT molecular complexity index is 1380. The predicted octanol–water partition coefficient (Wildman–Crippen LogP) is 6.01. The smallest absolute Gasteiger partial charge is 0.331 e. The number of hydrogen-bond donors (Lipinski definition) is 0. The van der Waals surface area contributed by atoms with Crippen molar-refractivity contribution in [3.05, 3.63) is 95.5 Å². The second kappa shape index (κ2) is 12.7. The molecule has 228 valence electrons. The number of carbonyl (C=O) groups is 2. The first-order valence-electron chi connectivity index (χ1n) is 14.6. The van der Waals surface area contributed by atoms with E-state index in [1.165, 1.54) is 4.90 Å². The van der Waals surface area contributed by atoms with Crippen molar-refractivity contribution in [3.8, 4) is 0 Å². The standard InChI is InChI=1S/C33H40ClN3O4SSi/c1-6-42-31-35(5)29(38)37(30(39)36(31)21-25-17-19-26(34)20-18-25)33(22-40-23-33)24-41-43(32(2,3)4,27-13-9-7-10-14-27)28-15-11-8-12-16-28/h7-20,31H,6,21-24H2,1-5H3. The van der Waals surface area contributed by atoms with Crippen LogP contribution in [-0.4, -0.2) is 78.7 Å². The van der Waals surface area contributed by atoms with Gasteiger partial charge in [0.2, 0.25) is 0 Å². The minimum Gasteiger partial charge on any atom is -0.405 e. The van der Waals surface area contributed by atoms with Gasteiger partial charge in [0.25, 0.3) is 8.32 Å². The van der Waals surface area contributed by atoms with E-state index < -0.39 is 19.4 Å². The number of thioether (sulfide) groups is 1. The van der Waals surface area contributed by atoms with Crippen LogP contribution in [0, 0.1) is 0 Å². The van der Waals surface area contributed by atoms with E-state index in [0.717, 1.165) is 21.7 Å². The van der Waals surface area contributed by atoms with Gasteiger partial charge in [-0.1, -0.05) is 112 Å². The molecule has 2 saturated heterocycles. The zero-order valence-corrected chi connectivity index (χ0v) is 28.0. The lowest BCUT2D eigenvalue weighted by atomic mass is 9.96. The highest BCUT2D eigenvalue weighted by Gasteiger charge is 2.58. The van der Waals surface area contributed by atoms with Gasteiger partial charge < -0.3 is 9.16 Å². The molecule has 0 spiro atoms. The molecule has 3 aromatic rings. The molecule has 5 rings (SSSR count). The third-order valence-electron chi connectivity index (χ3n) is 8.30. The first kappa shape index (κ1) is 31.6. The first-order chi connectivity index (χ1) is 20.5. The Balaban J connectivity index is 1.53. The van der Waals surface area contributed by atoms with Gasteiger partial charge in [-0.2, -0.15) is 0 Å². The fraction of sp³-hybridized carbons (Fsp3) is 0.394. The highest BCUT2D eigenvalue weighted by Crippen LogP contribution is 2.40. The molecule has 0 saturated carbocycles. The lowest BCUT2D eigenvalue weighted by molar-refractivity contribution is -0.138. The van der Waals surface area contributed by atoms with E-state index in [1.54, 1.807) is 28.6 Å². The third-order valence-corrected chi connectivity index (χ3v) is 14.7. The average Bonchev–Trinajstić information content (AvgIpc) is 2.97. The molecule has 0 aliphatic carbocycles. The van der Waals surface area contributed by atoms with E-state index in [1.807, 2.05) is 67.6 Å². The van der Waals surface area contributed by atoms with E-state index in [4.69, 9.17) is 20.8 Å². The summed E-state index contributed by atoms with van der Waals surface area (Å²) >= 11 is 7.69. The molecule has 0 bridgehead atoms. The lowest BCUT2D eigenvalue weighted by Crippen LogP contribution is -2.77. The van der Waals surface area contributed by atoms with Crippen LogP contribution in [0.3, 0.4) is 0 Å². The number of benzene rings is 3. The van der Waals surface area contributed by atoms with Crippen molar-refractivity contribution in [2.24, 2.45) is 0 Å². The van der Waals surface area contributed by atoms with Crippen LogP contribution >= 0.6 is 23.4 Å². The topological polar surface area (TPSA) is 62.3 Å². The molecule has 2 heterocycles. The molecule has 1 unspecified atom stereocenters. The largest absolute Gasteiger partial charge is 0.405 e. The maximum absolute atomic E-state index is 14.4. The Labute approximate surface area is 265 Å². The first-order valence-corrected chi connectivity index (χ1v) is 17.9. The zero-order valence-electron chi connectivity index (χ0n) is 25.5. The maximum Gasteiger partial charge on any atom is 0.331 e. The summed E-state index contributed by atoms with van der Waals surface area (Å²) in [4.78, 5) is 33.3. The fourth-order valence-electron chi connectivity index (χ4n) is 6.07. The Morgan fingerprint density at radius 3 is 1.95 bits per heavy atom. The molecule has 0 aromatic heterocycles. The van der Waals surface area contributed by atoms with Gasteiger partial charge >= 0.3 is 12.1 Å². The van der Waals surface area contributed by atoms with Gasteiger partial charge in [0.05, 0.1) is 26.4 Å². The molecular weight excluding hydrogens is 598 g/mol. The minimum atomic E-state index is -2.92. The van der Waals surface area contributed by atoms with E-state index in [-0.39, 0.29) is 36.9 Å². The summed E-state index contributed by atoms with van der Waals surface area (Å²) in [6, 6.07) is 27.6. The quantitative estimate of drug-likeness (QED) is 0.255. The number of imide groups is 1. The maximum atomic E-state index is 14.4. The summed E-state index contributed by atoms with van der Waals surface area (Å²) in [5.41, 5.74) is -0.438. The number of amides is 4. The van der Waals surface area contributed by atoms with Crippen LogP contribution in [0.4, 0.5) is 9.59 Å². The van der Waals surface area contributed by atoms with Crippen molar-refractivity contribution in [2.45, 2.75) is 50.3 Å². The van der Waals surface area contributed by atoms with Gasteiger partial charge in [0.15, 0.2) is 5.50 Å². The van der Waals surface area contributed by atoms with Crippen LogP contribution in [0.15, 0.2) is 84.9 Å². The van der Waals surface area contributed by atoms with Crippen molar-refractivity contribution < 1.29 is 18.8 Å². The normalized spacial score (nSPS) is 19.0. The van der Waals surface area contributed by atoms with Gasteiger partial charge in [-0.05, 0) is 38.9 Å². The number of halogens is 1. The zero-order chi connectivity index (χ0) is 30.8. The SMILES string of the molecule is CCSC1N(C)C(=O)N(C2(CO[Si](c3ccccc3)(c3ccccc3)C(C)(C)C)COC2)C(=O)N1Cc1ccc(Cl)cc1. The molecule has 2 fully saturated rings. The van der Waals surface area contributed by atoms with Crippen LogP contribution < -0.4 is 10.4 Å². The third kappa shape index (κ3) is 5.85. The van der Waals surface area contributed by atoms with Gasteiger partial charge in [-0.25, -0.2) is 14.5 Å². The molecule has 1 atom stereocenters. The molecule has 7 nitrogen and oxygen atoms in total. The highest BCUT2D eigenvalue weighted by atomic mass is 35.5. The molecule has 3 aromatic carbocycles.